The monoisotopic (exact) mass is 507 g/mol. The Morgan fingerprint density at radius 3 is 2.49 bits per heavy atom. The highest BCUT2D eigenvalue weighted by molar-refractivity contribution is 6.05. The molecule has 1 amide bonds. The van der Waals surface area contributed by atoms with Crippen LogP contribution in [0.2, 0.25) is 0 Å². The number of aryl methyl sites for hydroxylation is 1. The maximum atomic E-state index is 13.8. The SMILES string of the molecule is CCN(CC)Cc1ccc(NC(=O)c2ccc(C)c(-c3ccc4nc(N)ncc4c3)c2)cc1C(F)(F)F. The molecule has 9 heteroatoms. The van der Waals surface area contributed by atoms with Crippen molar-refractivity contribution in [3.05, 3.63) is 83.0 Å². The molecule has 0 fully saturated rings. The number of halogens is 3. The normalized spacial score (nSPS) is 11.8. The Labute approximate surface area is 213 Å². The molecule has 37 heavy (non-hydrogen) atoms. The molecule has 0 spiro atoms. The Bertz CT molecular complexity index is 1450. The van der Waals surface area contributed by atoms with Gasteiger partial charge in [-0.15, -0.1) is 0 Å². The van der Waals surface area contributed by atoms with Gasteiger partial charge in [0.2, 0.25) is 5.95 Å². The minimum absolute atomic E-state index is 0.0863. The largest absolute Gasteiger partial charge is 0.416 e. The van der Waals surface area contributed by atoms with Crippen LogP contribution in [0.3, 0.4) is 0 Å². The number of nitrogens with two attached hydrogens (primary N) is 1. The van der Waals surface area contributed by atoms with E-state index in [-0.39, 0.29) is 23.7 Å². The van der Waals surface area contributed by atoms with Crippen molar-refractivity contribution in [2.24, 2.45) is 0 Å². The first kappa shape index (κ1) is 26.1. The summed E-state index contributed by atoms with van der Waals surface area (Å²) in [6, 6.07) is 14.7. The van der Waals surface area contributed by atoms with Gasteiger partial charge in [-0.2, -0.15) is 13.2 Å². The Kier molecular flexibility index (Phi) is 7.45. The van der Waals surface area contributed by atoms with Gasteiger partial charge in [0.15, 0.2) is 0 Å². The third-order valence-corrected chi connectivity index (χ3v) is 6.37. The summed E-state index contributed by atoms with van der Waals surface area (Å²) in [4.78, 5) is 23.2. The van der Waals surface area contributed by atoms with Crippen LogP contribution in [0, 0.1) is 6.92 Å². The lowest BCUT2D eigenvalue weighted by Crippen LogP contribution is -2.24. The van der Waals surface area contributed by atoms with Gasteiger partial charge in [0.05, 0.1) is 11.1 Å². The van der Waals surface area contributed by atoms with Crippen molar-refractivity contribution >= 4 is 28.4 Å². The quantitative estimate of drug-likeness (QED) is 0.307. The van der Waals surface area contributed by atoms with Gasteiger partial charge in [-0.05, 0) is 78.7 Å². The minimum atomic E-state index is -4.54. The van der Waals surface area contributed by atoms with Crippen LogP contribution in [-0.2, 0) is 12.7 Å². The third kappa shape index (κ3) is 5.89. The molecule has 0 radical (unpaired) electrons. The first-order chi connectivity index (χ1) is 17.6. The van der Waals surface area contributed by atoms with Crippen LogP contribution in [-0.4, -0.2) is 33.9 Å². The molecule has 0 saturated carbocycles. The van der Waals surface area contributed by atoms with Crippen LogP contribution in [0.4, 0.5) is 24.8 Å². The highest BCUT2D eigenvalue weighted by atomic mass is 19.4. The van der Waals surface area contributed by atoms with Crippen LogP contribution in [0.25, 0.3) is 22.0 Å². The first-order valence-corrected chi connectivity index (χ1v) is 12.0. The molecule has 4 aromatic rings. The number of hydrogen-bond acceptors (Lipinski definition) is 5. The fraction of sp³-hybridized carbons (Fsp3) is 0.250. The van der Waals surface area contributed by atoms with Gasteiger partial charge in [-0.3, -0.25) is 9.69 Å². The van der Waals surface area contributed by atoms with Crippen LogP contribution in [0.5, 0.6) is 0 Å². The van der Waals surface area contributed by atoms with E-state index in [0.29, 0.717) is 24.2 Å². The summed E-state index contributed by atoms with van der Waals surface area (Å²) in [6.45, 7) is 7.19. The molecule has 3 aromatic carbocycles. The van der Waals surface area contributed by atoms with Crippen molar-refractivity contribution in [2.75, 3.05) is 24.1 Å². The fourth-order valence-corrected chi connectivity index (χ4v) is 4.24. The average Bonchev–Trinajstić information content (AvgIpc) is 2.87. The predicted molar refractivity (Wildman–Crippen MR) is 140 cm³/mol. The summed E-state index contributed by atoms with van der Waals surface area (Å²) in [6.07, 6.45) is -2.90. The van der Waals surface area contributed by atoms with E-state index >= 15 is 0 Å². The molecule has 1 heterocycles. The summed E-state index contributed by atoms with van der Waals surface area (Å²) in [5, 5.41) is 3.42. The molecule has 0 aliphatic rings. The van der Waals surface area contributed by atoms with Crippen LogP contribution in [0.1, 0.15) is 40.9 Å². The minimum Gasteiger partial charge on any atom is -0.368 e. The number of aromatic nitrogens is 2. The van der Waals surface area contributed by atoms with Crippen molar-refractivity contribution in [3.8, 4) is 11.1 Å². The van der Waals surface area contributed by atoms with E-state index in [1.165, 1.54) is 12.1 Å². The second kappa shape index (κ2) is 10.6. The number of alkyl halides is 3. The molecule has 4 rings (SSSR count). The van der Waals surface area contributed by atoms with E-state index in [9.17, 15) is 18.0 Å². The number of fused-ring (bicyclic) bond motifs is 1. The number of carbonyl (C=O) groups excluding carboxylic acids is 1. The number of nitrogen functional groups attached to an aromatic ring is 1. The lowest BCUT2D eigenvalue weighted by atomic mass is 9.97. The number of anilines is 2. The highest BCUT2D eigenvalue weighted by Gasteiger charge is 2.34. The average molecular weight is 508 g/mol. The zero-order chi connectivity index (χ0) is 26.7. The van der Waals surface area contributed by atoms with E-state index in [2.05, 4.69) is 15.3 Å². The molecule has 0 atom stereocenters. The van der Waals surface area contributed by atoms with E-state index in [1.54, 1.807) is 18.3 Å². The first-order valence-electron chi connectivity index (χ1n) is 12.0. The van der Waals surface area contributed by atoms with E-state index in [1.807, 2.05) is 49.9 Å². The Morgan fingerprint density at radius 1 is 1.03 bits per heavy atom. The zero-order valence-corrected chi connectivity index (χ0v) is 20.9. The number of nitrogens with one attached hydrogen (secondary N) is 1. The summed E-state index contributed by atoms with van der Waals surface area (Å²) >= 11 is 0. The van der Waals surface area contributed by atoms with Gasteiger partial charge in [0, 0.05) is 29.4 Å². The molecular formula is C28H28F3N5O. The Balaban J connectivity index is 1.62. The maximum absolute atomic E-state index is 13.8. The Morgan fingerprint density at radius 2 is 1.78 bits per heavy atom. The van der Waals surface area contributed by atoms with Gasteiger partial charge in [-0.1, -0.05) is 32.0 Å². The molecule has 0 aliphatic heterocycles. The summed E-state index contributed by atoms with van der Waals surface area (Å²) in [5.74, 6) is -0.312. The second-order valence-electron chi connectivity index (χ2n) is 8.82. The van der Waals surface area contributed by atoms with Crippen molar-refractivity contribution in [2.45, 2.75) is 33.5 Å². The third-order valence-electron chi connectivity index (χ3n) is 6.37. The molecular weight excluding hydrogens is 479 g/mol. The zero-order valence-electron chi connectivity index (χ0n) is 20.9. The van der Waals surface area contributed by atoms with Crippen molar-refractivity contribution in [1.29, 1.82) is 0 Å². The summed E-state index contributed by atoms with van der Waals surface area (Å²) in [7, 11) is 0. The van der Waals surface area contributed by atoms with Gasteiger partial charge >= 0.3 is 6.18 Å². The standard InChI is InChI=1S/C28H28F3N5O/c1-4-36(5-2)16-20-8-10-22(14-24(20)28(29,30)31)34-26(37)19-7-6-17(3)23(13-19)18-9-11-25-21(12-18)15-33-27(32)35-25/h6-15H,4-5,16H2,1-3H3,(H,34,37)(H2,32,33,35). The Hall–Kier alpha value is -3.98. The van der Waals surface area contributed by atoms with Crippen molar-refractivity contribution in [3.63, 3.8) is 0 Å². The van der Waals surface area contributed by atoms with E-state index < -0.39 is 17.6 Å². The second-order valence-corrected chi connectivity index (χ2v) is 8.82. The van der Waals surface area contributed by atoms with Crippen LogP contribution >= 0.6 is 0 Å². The number of hydrogen-bond donors (Lipinski definition) is 2. The number of carbonyl (C=O) groups is 1. The smallest absolute Gasteiger partial charge is 0.368 e. The highest BCUT2D eigenvalue weighted by Crippen LogP contribution is 2.35. The molecule has 1 aromatic heterocycles. The van der Waals surface area contributed by atoms with Gasteiger partial charge in [-0.25, -0.2) is 9.97 Å². The number of benzene rings is 3. The molecule has 192 valence electrons. The lowest BCUT2D eigenvalue weighted by molar-refractivity contribution is -0.138. The predicted octanol–water partition coefficient (Wildman–Crippen LogP) is 6.30. The summed E-state index contributed by atoms with van der Waals surface area (Å²) < 4.78 is 41.5. The van der Waals surface area contributed by atoms with Gasteiger partial charge in [0.1, 0.15) is 0 Å². The van der Waals surface area contributed by atoms with Gasteiger partial charge in [0.25, 0.3) is 5.91 Å². The lowest BCUT2D eigenvalue weighted by Gasteiger charge is -2.21. The number of amides is 1. The number of nitrogens with zero attached hydrogens (tertiary/aromatic N) is 3. The fourth-order valence-electron chi connectivity index (χ4n) is 4.24. The van der Waals surface area contributed by atoms with E-state index in [0.717, 1.165) is 28.1 Å². The molecule has 6 nitrogen and oxygen atoms in total. The molecule has 0 aliphatic carbocycles. The van der Waals surface area contributed by atoms with Gasteiger partial charge < -0.3 is 11.1 Å². The topological polar surface area (TPSA) is 84.1 Å². The molecule has 0 saturated heterocycles. The molecule has 0 bridgehead atoms. The molecule has 0 unspecified atom stereocenters. The van der Waals surface area contributed by atoms with Crippen LogP contribution < -0.4 is 11.1 Å². The molecule has 3 N–H and O–H groups in total. The van der Waals surface area contributed by atoms with Crippen molar-refractivity contribution < 1.29 is 18.0 Å². The van der Waals surface area contributed by atoms with Crippen LogP contribution in [0.15, 0.2) is 60.8 Å². The summed E-state index contributed by atoms with van der Waals surface area (Å²) in [5.41, 5.74) is 8.81. The van der Waals surface area contributed by atoms with E-state index in [4.69, 9.17) is 5.73 Å². The van der Waals surface area contributed by atoms with Crippen molar-refractivity contribution in [1.82, 2.24) is 14.9 Å². The maximum Gasteiger partial charge on any atom is 0.416 e. The number of rotatable bonds is 7.